The van der Waals surface area contributed by atoms with E-state index in [-0.39, 0.29) is 17.6 Å². The summed E-state index contributed by atoms with van der Waals surface area (Å²) in [5.74, 6) is 0.862. The van der Waals surface area contributed by atoms with Gasteiger partial charge in [0.2, 0.25) is 0 Å². The van der Waals surface area contributed by atoms with Crippen LogP contribution in [0, 0.1) is 5.82 Å². The molecule has 0 amide bonds. The molecule has 0 aliphatic carbocycles. The molecule has 0 saturated carbocycles. The average Bonchev–Trinajstić information content (AvgIpc) is 2.30. The fraction of sp³-hybridized carbons (Fsp3) is 0.538. The van der Waals surface area contributed by atoms with Crippen LogP contribution in [0.3, 0.4) is 0 Å². The molecular formula is C13H20FNO2S2. The van der Waals surface area contributed by atoms with E-state index in [1.54, 1.807) is 23.9 Å². The molecule has 1 rings (SSSR count). The van der Waals surface area contributed by atoms with Crippen LogP contribution in [-0.2, 0) is 9.84 Å². The van der Waals surface area contributed by atoms with Crippen molar-refractivity contribution < 1.29 is 12.8 Å². The molecule has 0 bridgehead atoms. The van der Waals surface area contributed by atoms with Crippen LogP contribution < -0.4 is 5.32 Å². The van der Waals surface area contributed by atoms with Gasteiger partial charge in [0.25, 0.3) is 0 Å². The smallest absolute Gasteiger partial charge is 0.148 e. The zero-order chi connectivity index (χ0) is 14.3. The lowest BCUT2D eigenvalue weighted by Crippen LogP contribution is -2.31. The fourth-order valence-electron chi connectivity index (χ4n) is 1.48. The minimum atomic E-state index is -2.89. The number of thioether (sulfide) groups is 1. The first-order valence-electron chi connectivity index (χ1n) is 6.16. The van der Waals surface area contributed by atoms with Crippen LogP contribution in [0.2, 0.25) is 0 Å². The highest BCUT2D eigenvalue weighted by molar-refractivity contribution is 7.99. The summed E-state index contributed by atoms with van der Waals surface area (Å²) in [6.45, 7) is 2.52. The van der Waals surface area contributed by atoms with Gasteiger partial charge in [0.05, 0.1) is 5.75 Å². The summed E-state index contributed by atoms with van der Waals surface area (Å²) in [5, 5.41) is 3.18. The Hall–Kier alpha value is -0.590. The molecule has 1 aromatic carbocycles. The van der Waals surface area contributed by atoms with Gasteiger partial charge in [-0.25, -0.2) is 12.8 Å². The SMILES string of the molecule is CC(CCSc1ccc(F)cc1)NCCS(C)(=O)=O. The van der Waals surface area contributed by atoms with Crippen LogP contribution in [0.4, 0.5) is 4.39 Å². The summed E-state index contributed by atoms with van der Waals surface area (Å²) in [6, 6.07) is 6.71. The van der Waals surface area contributed by atoms with Crippen molar-refractivity contribution in [1.29, 1.82) is 0 Å². The Bertz CT molecular complexity index is 474. The topological polar surface area (TPSA) is 46.2 Å². The van der Waals surface area contributed by atoms with Crippen molar-refractivity contribution in [1.82, 2.24) is 5.32 Å². The molecule has 1 N–H and O–H groups in total. The lowest BCUT2D eigenvalue weighted by atomic mass is 10.3. The maximum atomic E-state index is 12.7. The van der Waals surface area contributed by atoms with Gasteiger partial charge < -0.3 is 5.32 Å². The first-order valence-corrected chi connectivity index (χ1v) is 9.21. The summed E-state index contributed by atoms with van der Waals surface area (Å²) in [5.41, 5.74) is 0. The second-order valence-corrected chi connectivity index (χ2v) is 8.00. The van der Waals surface area contributed by atoms with Crippen LogP contribution in [0.15, 0.2) is 29.2 Å². The van der Waals surface area contributed by atoms with Crippen molar-refractivity contribution in [3.05, 3.63) is 30.1 Å². The minimum Gasteiger partial charge on any atom is -0.313 e. The van der Waals surface area contributed by atoms with E-state index in [2.05, 4.69) is 5.32 Å². The molecule has 0 radical (unpaired) electrons. The third kappa shape index (κ3) is 8.23. The Labute approximate surface area is 118 Å². The number of sulfone groups is 1. The summed E-state index contributed by atoms with van der Waals surface area (Å²) in [4.78, 5) is 1.05. The molecule has 1 unspecified atom stereocenters. The molecule has 19 heavy (non-hydrogen) atoms. The minimum absolute atomic E-state index is 0.169. The van der Waals surface area contributed by atoms with E-state index in [0.29, 0.717) is 6.54 Å². The van der Waals surface area contributed by atoms with E-state index in [1.807, 2.05) is 6.92 Å². The standard InChI is InChI=1S/C13H20FNO2S2/c1-11(15-8-10-19(2,16)17)7-9-18-13-5-3-12(14)4-6-13/h3-6,11,15H,7-10H2,1-2H3. The Balaban J connectivity index is 2.16. The zero-order valence-electron chi connectivity index (χ0n) is 11.2. The molecule has 0 spiro atoms. The molecule has 1 aromatic rings. The van der Waals surface area contributed by atoms with Gasteiger partial charge in [0.15, 0.2) is 0 Å². The van der Waals surface area contributed by atoms with Crippen LogP contribution in [0.25, 0.3) is 0 Å². The molecule has 6 heteroatoms. The van der Waals surface area contributed by atoms with Crippen molar-refractivity contribution in [2.75, 3.05) is 24.3 Å². The van der Waals surface area contributed by atoms with Gasteiger partial charge in [0, 0.05) is 23.7 Å². The van der Waals surface area contributed by atoms with E-state index in [0.717, 1.165) is 17.1 Å². The lowest BCUT2D eigenvalue weighted by molar-refractivity contribution is 0.549. The van der Waals surface area contributed by atoms with Crippen LogP contribution in [0.1, 0.15) is 13.3 Å². The quantitative estimate of drug-likeness (QED) is 0.749. The number of hydrogen-bond donors (Lipinski definition) is 1. The van der Waals surface area contributed by atoms with E-state index in [1.165, 1.54) is 18.4 Å². The molecule has 0 aromatic heterocycles. The predicted octanol–water partition coefficient (Wildman–Crippen LogP) is 2.33. The normalized spacial score (nSPS) is 13.4. The number of halogens is 1. The first-order chi connectivity index (χ1) is 8.87. The summed E-state index contributed by atoms with van der Waals surface area (Å²) < 4.78 is 34.6. The first kappa shape index (κ1) is 16.5. The average molecular weight is 305 g/mol. The summed E-state index contributed by atoms with van der Waals surface area (Å²) in [6.07, 6.45) is 2.18. The molecule has 0 saturated heterocycles. The molecule has 1 atom stereocenters. The number of nitrogens with one attached hydrogen (secondary N) is 1. The third-order valence-electron chi connectivity index (χ3n) is 2.60. The van der Waals surface area contributed by atoms with Crippen LogP contribution >= 0.6 is 11.8 Å². The Morgan fingerprint density at radius 1 is 1.32 bits per heavy atom. The lowest BCUT2D eigenvalue weighted by Gasteiger charge is -2.12. The van der Waals surface area contributed by atoms with Crippen molar-refractivity contribution >= 4 is 21.6 Å². The summed E-state index contributed by atoms with van der Waals surface area (Å²) >= 11 is 1.67. The predicted molar refractivity (Wildman–Crippen MR) is 78.9 cm³/mol. The molecule has 0 aliphatic heterocycles. The highest BCUT2D eigenvalue weighted by atomic mass is 32.2. The second-order valence-electron chi connectivity index (χ2n) is 4.58. The third-order valence-corrected chi connectivity index (χ3v) is 4.59. The highest BCUT2D eigenvalue weighted by Crippen LogP contribution is 2.19. The number of rotatable bonds is 8. The van der Waals surface area contributed by atoms with Crippen molar-refractivity contribution in [2.24, 2.45) is 0 Å². The maximum absolute atomic E-state index is 12.7. The van der Waals surface area contributed by atoms with Gasteiger partial charge in [0.1, 0.15) is 15.7 Å². The van der Waals surface area contributed by atoms with Gasteiger partial charge in [-0.05, 0) is 43.4 Å². The van der Waals surface area contributed by atoms with Gasteiger partial charge in [-0.15, -0.1) is 11.8 Å². The van der Waals surface area contributed by atoms with E-state index >= 15 is 0 Å². The maximum Gasteiger partial charge on any atom is 0.148 e. The largest absolute Gasteiger partial charge is 0.313 e. The van der Waals surface area contributed by atoms with Gasteiger partial charge in [-0.1, -0.05) is 0 Å². The second kappa shape index (κ2) is 7.87. The molecular weight excluding hydrogens is 285 g/mol. The Morgan fingerprint density at radius 3 is 2.53 bits per heavy atom. The number of benzene rings is 1. The highest BCUT2D eigenvalue weighted by Gasteiger charge is 2.05. The van der Waals surface area contributed by atoms with Crippen molar-refractivity contribution in [3.63, 3.8) is 0 Å². The van der Waals surface area contributed by atoms with Crippen LogP contribution in [-0.4, -0.2) is 38.8 Å². The zero-order valence-corrected chi connectivity index (χ0v) is 12.9. The van der Waals surface area contributed by atoms with Gasteiger partial charge in [-0.2, -0.15) is 0 Å². The molecule has 3 nitrogen and oxygen atoms in total. The van der Waals surface area contributed by atoms with Gasteiger partial charge >= 0.3 is 0 Å². The van der Waals surface area contributed by atoms with Gasteiger partial charge in [-0.3, -0.25) is 0 Å². The van der Waals surface area contributed by atoms with E-state index < -0.39 is 9.84 Å². The Morgan fingerprint density at radius 2 is 1.95 bits per heavy atom. The summed E-state index contributed by atoms with van der Waals surface area (Å²) in [7, 11) is -2.89. The van der Waals surface area contributed by atoms with Crippen molar-refractivity contribution in [3.8, 4) is 0 Å². The van der Waals surface area contributed by atoms with Crippen molar-refractivity contribution in [2.45, 2.75) is 24.3 Å². The molecule has 0 heterocycles. The number of hydrogen-bond acceptors (Lipinski definition) is 4. The van der Waals surface area contributed by atoms with E-state index in [9.17, 15) is 12.8 Å². The Kier molecular flexibility index (Phi) is 6.82. The molecule has 108 valence electrons. The molecule has 0 aliphatic rings. The fourth-order valence-corrected chi connectivity index (χ4v) is 3.00. The molecule has 0 fully saturated rings. The van der Waals surface area contributed by atoms with Crippen LogP contribution in [0.5, 0.6) is 0 Å². The monoisotopic (exact) mass is 305 g/mol. The van der Waals surface area contributed by atoms with E-state index in [4.69, 9.17) is 0 Å².